The van der Waals surface area contributed by atoms with Crippen molar-refractivity contribution in [2.45, 2.75) is 19.4 Å². The summed E-state index contributed by atoms with van der Waals surface area (Å²) in [6.45, 7) is 2.59. The van der Waals surface area contributed by atoms with Crippen LogP contribution in [0.25, 0.3) is 10.9 Å². The molecule has 2 aromatic rings. The molecule has 0 bridgehead atoms. The van der Waals surface area contributed by atoms with Crippen LogP contribution in [0, 0.1) is 0 Å². The first-order valence-corrected chi connectivity index (χ1v) is 7.66. The van der Waals surface area contributed by atoms with Gasteiger partial charge in [0.15, 0.2) is 0 Å². The zero-order valence-corrected chi connectivity index (χ0v) is 13.0. The number of ether oxygens (including phenoxy) is 1. The van der Waals surface area contributed by atoms with Crippen molar-refractivity contribution in [1.29, 1.82) is 0 Å². The largest absolute Gasteiger partial charge is 0.472 e. The first kappa shape index (κ1) is 15.3. The molecular formula is C17H19N3O3. The third kappa shape index (κ3) is 3.77. The molecule has 6 nitrogen and oxygen atoms in total. The summed E-state index contributed by atoms with van der Waals surface area (Å²) < 4.78 is 5.90. The van der Waals surface area contributed by atoms with Crippen LogP contribution in [0.4, 0.5) is 0 Å². The Morgan fingerprint density at radius 1 is 1.30 bits per heavy atom. The van der Waals surface area contributed by atoms with E-state index in [4.69, 9.17) is 4.74 Å². The van der Waals surface area contributed by atoms with Crippen LogP contribution < -0.4 is 10.1 Å². The van der Waals surface area contributed by atoms with Gasteiger partial charge in [0.05, 0.1) is 18.6 Å². The number of nitrogens with zero attached hydrogens (tertiary/aromatic N) is 2. The van der Waals surface area contributed by atoms with Gasteiger partial charge in [-0.3, -0.25) is 9.59 Å². The maximum absolute atomic E-state index is 12.0. The highest BCUT2D eigenvalue weighted by Crippen LogP contribution is 2.20. The highest BCUT2D eigenvalue weighted by molar-refractivity contribution is 5.83. The van der Waals surface area contributed by atoms with Gasteiger partial charge in [0, 0.05) is 31.3 Å². The minimum Gasteiger partial charge on any atom is -0.472 e. The summed E-state index contributed by atoms with van der Waals surface area (Å²) >= 11 is 0. The van der Waals surface area contributed by atoms with Crippen molar-refractivity contribution in [1.82, 2.24) is 15.2 Å². The Kier molecular flexibility index (Phi) is 4.41. The Labute approximate surface area is 134 Å². The normalized spacial score (nSPS) is 17.3. The molecule has 23 heavy (non-hydrogen) atoms. The molecule has 1 fully saturated rings. The number of nitrogens with one attached hydrogen (secondary N) is 1. The first-order chi connectivity index (χ1) is 11.1. The van der Waals surface area contributed by atoms with Gasteiger partial charge in [-0.25, -0.2) is 4.98 Å². The van der Waals surface area contributed by atoms with E-state index in [9.17, 15) is 9.59 Å². The van der Waals surface area contributed by atoms with Crippen molar-refractivity contribution >= 4 is 22.7 Å². The lowest BCUT2D eigenvalue weighted by atomic mass is 10.2. The van der Waals surface area contributed by atoms with E-state index < -0.39 is 0 Å². The predicted molar refractivity (Wildman–Crippen MR) is 86.0 cm³/mol. The number of pyridine rings is 1. The van der Waals surface area contributed by atoms with E-state index in [0.717, 1.165) is 17.3 Å². The second kappa shape index (κ2) is 6.64. The molecule has 0 aliphatic carbocycles. The van der Waals surface area contributed by atoms with Crippen LogP contribution in [0.3, 0.4) is 0 Å². The Hall–Kier alpha value is -2.63. The van der Waals surface area contributed by atoms with Gasteiger partial charge in [0.1, 0.15) is 6.10 Å². The summed E-state index contributed by atoms with van der Waals surface area (Å²) in [6.07, 6.45) is 0.699. The molecule has 2 heterocycles. The number of carbonyl (C=O) groups is 2. The van der Waals surface area contributed by atoms with Gasteiger partial charge in [-0.1, -0.05) is 18.2 Å². The maximum atomic E-state index is 12.0. The first-order valence-electron chi connectivity index (χ1n) is 7.66. The van der Waals surface area contributed by atoms with Crippen molar-refractivity contribution in [2.24, 2.45) is 0 Å². The Balaban J connectivity index is 1.58. The number of rotatable bonds is 4. The molecule has 1 aromatic heterocycles. The number of hydrogen-bond acceptors (Lipinski definition) is 4. The number of benzene rings is 1. The molecule has 1 aliphatic heterocycles. The molecule has 1 atom stereocenters. The molecule has 0 saturated carbocycles. The lowest BCUT2D eigenvalue weighted by Crippen LogP contribution is -2.39. The van der Waals surface area contributed by atoms with Gasteiger partial charge >= 0.3 is 0 Å². The molecule has 2 amide bonds. The van der Waals surface area contributed by atoms with Gasteiger partial charge in [-0.2, -0.15) is 0 Å². The number of likely N-dealkylation sites (tertiary alicyclic amines) is 1. The van der Waals surface area contributed by atoms with Crippen molar-refractivity contribution in [3.63, 3.8) is 0 Å². The zero-order valence-electron chi connectivity index (χ0n) is 13.0. The fraction of sp³-hybridized carbons (Fsp3) is 0.353. The second-order valence-corrected chi connectivity index (χ2v) is 5.62. The fourth-order valence-corrected chi connectivity index (χ4v) is 2.65. The number of aromatic nitrogens is 1. The molecule has 1 saturated heterocycles. The molecule has 1 aromatic carbocycles. The molecule has 6 heteroatoms. The van der Waals surface area contributed by atoms with E-state index in [2.05, 4.69) is 10.3 Å². The second-order valence-electron chi connectivity index (χ2n) is 5.62. The number of carbonyl (C=O) groups excluding carboxylic acids is 2. The smallest absolute Gasteiger partial charge is 0.242 e. The van der Waals surface area contributed by atoms with E-state index >= 15 is 0 Å². The monoisotopic (exact) mass is 313 g/mol. The maximum Gasteiger partial charge on any atom is 0.242 e. The summed E-state index contributed by atoms with van der Waals surface area (Å²) in [5.74, 6) is 0.286. The van der Waals surface area contributed by atoms with Gasteiger partial charge in [-0.15, -0.1) is 0 Å². The third-order valence-corrected chi connectivity index (χ3v) is 3.85. The quantitative estimate of drug-likeness (QED) is 0.925. The zero-order chi connectivity index (χ0) is 16.2. The van der Waals surface area contributed by atoms with Crippen LogP contribution in [0.1, 0.15) is 13.3 Å². The van der Waals surface area contributed by atoms with Crippen LogP contribution >= 0.6 is 0 Å². The lowest BCUT2D eigenvalue weighted by Gasteiger charge is -2.17. The minimum absolute atomic E-state index is 0.0380. The average Bonchev–Trinajstić information content (AvgIpc) is 3.01. The summed E-state index contributed by atoms with van der Waals surface area (Å²) in [5.41, 5.74) is 0.890. The van der Waals surface area contributed by atoms with Crippen LogP contribution in [-0.4, -0.2) is 47.4 Å². The molecule has 0 spiro atoms. The van der Waals surface area contributed by atoms with Gasteiger partial charge < -0.3 is 15.0 Å². The summed E-state index contributed by atoms with van der Waals surface area (Å²) in [4.78, 5) is 29.0. The van der Waals surface area contributed by atoms with Gasteiger partial charge in [0.25, 0.3) is 0 Å². The molecule has 0 unspecified atom stereocenters. The molecule has 0 radical (unpaired) electrons. The van der Waals surface area contributed by atoms with Gasteiger partial charge in [-0.05, 0) is 12.1 Å². The molecular weight excluding hydrogens is 294 g/mol. The van der Waals surface area contributed by atoms with Crippen molar-refractivity contribution in [3.05, 3.63) is 36.4 Å². The number of amides is 2. The summed E-state index contributed by atoms with van der Waals surface area (Å²) in [6, 6.07) is 11.7. The predicted octanol–water partition coefficient (Wildman–Crippen LogP) is 1.35. The third-order valence-electron chi connectivity index (χ3n) is 3.85. The SMILES string of the molecule is CC(=O)NCC(=O)N1CC[C@H](Oc2ccc3ccccc3n2)C1. The average molecular weight is 313 g/mol. The van der Waals surface area contributed by atoms with Crippen LogP contribution in [-0.2, 0) is 9.59 Å². The van der Waals surface area contributed by atoms with E-state index in [1.807, 2.05) is 36.4 Å². The minimum atomic E-state index is -0.203. The highest BCUT2D eigenvalue weighted by atomic mass is 16.5. The van der Waals surface area contributed by atoms with E-state index in [1.165, 1.54) is 6.92 Å². The fourth-order valence-electron chi connectivity index (χ4n) is 2.65. The molecule has 3 rings (SSSR count). The summed E-state index contributed by atoms with van der Waals surface area (Å²) in [7, 11) is 0. The van der Waals surface area contributed by atoms with Crippen molar-refractivity contribution < 1.29 is 14.3 Å². The van der Waals surface area contributed by atoms with Crippen LogP contribution in [0.2, 0.25) is 0 Å². The Morgan fingerprint density at radius 2 is 2.13 bits per heavy atom. The Bertz CT molecular complexity index is 732. The molecule has 1 N–H and O–H groups in total. The standard InChI is InChI=1S/C17H19N3O3/c1-12(21)18-10-17(22)20-9-8-14(11-20)23-16-7-6-13-4-2-3-5-15(13)19-16/h2-7,14H,8-11H2,1H3,(H,18,21)/t14-/m0/s1. The highest BCUT2D eigenvalue weighted by Gasteiger charge is 2.27. The number of hydrogen-bond donors (Lipinski definition) is 1. The lowest BCUT2D eigenvalue weighted by molar-refractivity contribution is -0.131. The molecule has 1 aliphatic rings. The summed E-state index contributed by atoms with van der Waals surface area (Å²) in [5, 5.41) is 3.59. The Morgan fingerprint density at radius 3 is 2.96 bits per heavy atom. The number of fused-ring (bicyclic) bond motifs is 1. The number of para-hydroxylation sites is 1. The van der Waals surface area contributed by atoms with Crippen molar-refractivity contribution in [2.75, 3.05) is 19.6 Å². The van der Waals surface area contributed by atoms with E-state index in [1.54, 1.807) is 4.90 Å². The molecule has 120 valence electrons. The topological polar surface area (TPSA) is 71.5 Å². The van der Waals surface area contributed by atoms with Crippen LogP contribution in [0.5, 0.6) is 5.88 Å². The van der Waals surface area contributed by atoms with E-state index in [0.29, 0.717) is 19.0 Å². The van der Waals surface area contributed by atoms with E-state index in [-0.39, 0.29) is 24.5 Å². The van der Waals surface area contributed by atoms with Crippen LogP contribution in [0.15, 0.2) is 36.4 Å². The van der Waals surface area contributed by atoms with Gasteiger partial charge in [0.2, 0.25) is 17.7 Å². The van der Waals surface area contributed by atoms with Crippen molar-refractivity contribution in [3.8, 4) is 5.88 Å².